The van der Waals surface area contributed by atoms with Crippen LogP contribution in [0.1, 0.15) is 50.6 Å². The second kappa shape index (κ2) is 8.33. The van der Waals surface area contributed by atoms with Gasteiger partial charge in [-0.05, 0) is 49.1 Å². The molecule has 1 amide bonds. The molecule has 1 unspecified atom stereocenters. The van der Waals surface area contributed by atoms with E-state index in [1.54, 1.807) is 7.11 Å². The molecule has 1 spiro atoms. The molecule has 0 radical (unpaired) electrons. The fourth-order valence-corrected chi connectivity index (χ4v) is 4.04. The maximum atomic E-state index is 12.4. The van der Waals surface area contributed by atoms with Gasteiger partial charge in [0, 0.05) is 30.6 Å². The number of nitrogens with one attached hydrogen (secondary N) is 2. The molecule has 29 heavy (non-hydrogen) atoms. The quantitative estimate of drug-likeness (QED) is 0.725. The van der Waals surface area contributed by atoms with E-state index in [0.717, 1.165) is 49.2 Å². The first-order valence-electron chi connectivity index (χ1n) is 10.3. The molecule has 1 atom stereocenters. The molecule has 2 aliphatic rings. The highest BCUT2D eigenvalue weighted by molar-refractivity contribution is 5.92. The molecule has 0 bridgehead atoms. The van der Waals surface area contributed by atoms with Crippen molar-refractivity contribution in [2.45, 2.75) is 50.9 Å². The number of amides is 1. The molecule has 1 aliphatic carbocycles. The fraction of sp³-hybridized carbons (Fsp3) is 0.435. The summed E-state index contributed by atoms with van der Waals surface area (Å²) in [4.78, 5) is 12.4. The molecule has 154 valence electrons. The number of ether oxygens (including phenoxy) is 3. The minimum absolute atomic E-state index is 0.0913. The van der Waals surface area contributed by atoms with Crippen molar-refractivity contribution < 1.29 is 19.0 Å². The van der Waals surface area contributed by atoms with Crippen LogP contribution in [0.2, 0.25) is 0 Å². The number of carbonyl (C=O) groups is 1. The lowest BCUT2D eigenvalue weighted by atomic mass is 10.0. The van der Waals surface area contributed by atoms with Crippen molar-refractivity contribution in [1.29, 1.82) is 0 Å². The molecule has 6 nitrogen and oxygen atoms in total. The molecule has 0 saturated heterocycles. The van der Waals surface area contributed by atoms with Crippen LogP contribution in [0.3, 0.4) is 0 Å². The molecule has 1 aliphatic heterocycles. The third kappa shape index (κ3) is 4.32. The van der Waals surface area contributed by atoms with Gasteiger partial charge in [-0.1, -0.05) is 19.1 Å². The van der Waals surface area contributed by atoms with Crippen LogP contribution in [-0.4, -0.2) is 25.3 Å². The second-order valence-corrected chi connectivity index (χ2v) is 7.65. The summed E-state index contributed by atoms with van der Waals surface area (Å²) in [6, 6.07) is 13.6. The summed E-state index contributed by atoms with van der Waals surface area (Å²) < 4.78 is 17.3. The Morgan fingerprint density at radius 2 is 1.83 bits per heavy atom. The van der Waals surface area contributed by atoms with Gasteiger partial charge in [-0.3, -0.25) is 4.79 Å². The van der Waals surface area contributed by atoms with Gasteiger partial charge in [0.1, 0.15) is 5.75 Å². The molecular formula is C23H28N2O4. The minimum atomic E-state index is -0.487. The molecule has 4 rings (SSSR count). The molecule has 0 aromatic heterocycles. The van der Waals surface area contributed by atoms with E-state index in [1.165, 1.54) is 0 Å². The highest BCUT2D eigenvalue weighted by Gasteiger charge is 2.44. The summed E-state index contributed by atoms with van der Waals surface area (Å²) >= 11 is 0. The standard InChI is InChI=1S/C23H28N2O4/c1-3-19(16-6-9-18(27-2)10-7-16)24-15-22(26)25-17-8-11-20-21(14-17)29-23(28-20)12-4-5-13-23/h6-11,14,19,24H,3-5,12-13,15H2,1-2H3,(H,25,26). The zero-order valence-electron chi connectivity index (χ0n) is 17.0. The summed E-state index contributed by atoms with van der Waals surface area (Å²) in [5.74, 6) is 1.71. The summed E-state index contributed by atoms with van der Waals surface area (Å²) in [7, 11) is 1.65. The van der Waals surface area contributed by atoms with E-state index in [9.17, 15) is 4.79 Å². The highest BCUT2D eigenvalue weighted by Crippen LogP contribution is 2.47. The number of carbonyl (C=O) groups excluding carboxylic acids is 1. The van der Waals surface area contributed by atoms with E-state index in [1.807, 2.05) is 42.5 Å². The summed E-state index contributed by atoms with van der Waals surface area (Å²) in [6.07, 6.45) is 4.95. The van der Waals surface area contributed by atoms with E-state index in [4.69, 9.17) is 14.2 Å². The molecule has 2 aromatic carbocycles. The van der Waals surface area contributed by atoms with Crippen LogP contribution in [-0.2, 0) is 4.79 Å². The number of hydrogen-bond acceptors (Lipinski definition) is 5. The Bertz CT molecular complexity index is 860. The third-order valence-corrected chi connectivity index (χ3v) is 5.62. The molecule has 6 heteroatoms. The van der Waals surface area contributed by atoms with Crippen molar-refractivity contribution in [3.05, 3.63) is 48.0 Å². The maximum absolute atomic E-state index is 12.4. The molecule has 1 saturated carbocycles. The van der Waals surface area contributed by atoms with E-state index in [0.29, 0.717) is 11.4 Å². The van der Waals surface area contributed by atoms with Gasteiger partial charge in [-0.2, -0.15) is 0 Å². The molecule has 1 fully saturated rings. The Hall–Kier alpha value is -2.73. The summed E-state index contributed by atoms with van der Waals surface area (Å²) in [5.41, 5.74) is 1.85. The lowest BCUT2D eigenvalue weighted by molar-refractivity contribution is -0.115. The average molecular weight is 396 g/mol. The van der Waals surface area contributed by atoms with E-state index in [2.05, 4.69) is 17.6 Å². The molecule has 1 heterocycles. The number of fused-ring (bicyclic) bond motifs is 1. The van der Waals surface area contributed by atoms with E-state index in [-0.39, 0.29) is 18.5 Å². The van der Waals surface area contributed by atoms with Gasteiger partial charge in [-0.15, -0.1) is 0 Å². The normalized spacial score (nSPS) is 17.3. The first-order valence-corrected chi connectivity index (χ1v) is 10.3. The van der Waals surface area contributed by atoms with E-state index >= 15 is 0 Å². The van der Waals surface area contributed by atoms with Gasteiger partial charge in [0.05, 0.1) is 13.7 Å². The molecule has 2 aromatic rings. The van der Waals surface area contributed by atoms with Crippen LogP contribution in [0.25, 0.3) is 0 Å². The van der Waals surface area contributed by atoms with Crippen LogP contribution in [0.4, 0.5) is 5.69 Å². The van der Waals surface area contributed by atoms with Gasteiger partial charge >= 0.3 is 0 Å². The number of rotatable bonds is 7. The highest BCUT2D eigenvalue weighted by atomic mass is 16.7. The molecule has 2 N–H and O–H groups in total. The van der Waals surface area contributed by atoms with E-state index < -0.39 is 5.79 Å². The van der Waals surface area contributed by atoms with Crippen molar-refractivity contribution in [2.75, 3.05) is 19.0 Å². The minimum Gasteiger partial charge on any atom is -0.497 e. The zero-order valence-corrected chi connectivity index (χ0v) is 17.0. The second-order valence-electron chi connectivity index (χ2n) is 7.65. The zero-order chi connectivity index (χ0) is 20.3. The number of hydrogen-bond donors (Lipinski definition) is 2. The van der Waals surface area contributed by atoms with Crippen molar-refractivity contribution in [1.82, 2.24) is 5.32 Å². The van der Waals surface area contributed by atoms with Crippen molar-refractivity contribution in [3.8, 4) is 17.2 Å². The smallest absolute Gasteiger partial charge is 0.251 e. The summed E-state index contributed by atoms with van der Waals surface area (Å²) in [5, 5.41) is 6.27. The lowest BCUT2D eigenvalue weighted by Crippen LogP contribution is -2.34. The van der Waals surface area contributed by atoms with Crippen LogP contribution in [0.15, 0.2) is 42.5 Å². The summed E-state index contributed by atoms with van der Waals surface area (Å²) in [6.45, 7) is 2.32. The Kier molecular flexibility index (Phi) is 5.62. The first kappa shape index (κ1) is 19.6. The van der Waals surface area contributed by atoms with Crippen molar-refractivity contribution in [3.63, 3.8) is 0 Å². The lowest BCUT2D eigenvalue weighted by Gasteiger charge is -2.21. The van der Waals surface area contributed by atoms with Crippen LogP contribution >= 0.6 is 0 Å². The average Bonchev–Trinajstić information content (AvgIpc) is 3.34. The Morgan fingerprint density at radius 3 is 2.52 bits per heavy atom. The first-order chi connectivity index (χ1) is 14.1. The Labute approximate surface area is 171 Å². The predicted octanol–water partition coefficient (Wildman–Crippen LogP) is 4.42. The van der Waals surface area contributed by atoms with Crippen LogP contribution in [0, 0.1) is 0 Å². The predicted molar refractivity (Wildman–Crippen MR) is 112 cm³/mol. The SMILES string of the molecule is CCC(NCC(=O)Nc1ccc2c(c1)OC1(CCCC1)O2)c1ccc(OC)cc1. The fourth-order valence-electron chi connectivity index (χ4n) is 4.04. The number of methoxy groups -OCH3 is 1. The van der Waals surface area contributed by atoms with Crippen LogP contribution < -0.4 is 24.8 Å². The topological polar surface area (TPSA) is 68.8 Å². The van der Waals surface area contributed by atoms with Gasteiger partial charge in [0.25, 0.3) is 5.79 Å². The number of benzene rings is 2. The van der Waals surface area contributed by atoms with Crippen LogP contribution in [0.5, 0.6) is 17.2 Å². The van der Waals surface area contributed by atoms with Gasteiger partial charge in [0.2, 0.25) is 5.91 Å². The number of anilines is 1. The Balaban J connectivity index is 1.33. The maximum Gasteiger partial charge on any atom is 0.251 e. The third-order valence-electron chi connectivity index (χ3n) is 5.62. The largest absolute Gasteiger partial charge is 0.497 e. The van der Waals surface area contributed by atoms with Gasteiger partial charge in [-0.25, -0.2) is 0 Å². The van der Waals surface area contributed by atoms with Crippen molar-refractivity contribution in [2.24, 2.45) is 0 Å². The molecular weight excluding hydrogens is 368 g/mol. The van der Waals surface area contributed by atoms with Gasteiger partial charge in [0.15, 0.2) is 11.5 Å². The Morgan fingerprint density at radius 1 is 1.10 bits per heavy atom. The van der Waals surface area contributed by atoms with Crippen molar-refractivity contribution >= 4 is 11.6 Å². The van der Waals surface area contributed by atoms with Gasteiger partial charge < -0.3 is 24.8 Å². The monoisotopic (exact) mass is 396 g/mol.